The average molecular weight is 565 g/mol. The van der Waals surface area contributed by atoms with Gasteiger partial charge in [-0.1, -0.05) is 52.3 Å². The highest BCUT2D eigenvalue weighted by Crippen LogP contribution is 2.42. The normalized spacial score (nSPS) is 16.3. The second kappa shape index (κ2) is 15.3. The molecular weight excluding hydrogens is 520 g/mol. The first-order valence-electron chi connectivity index (χ1n) is 14.5. The van der Waals surface area contributed by atoms with E-state index in [9.17, 15) is 14.7 Å². The first kappa shape index (κ1) is 31.7. The summed E-state index contributed by atoms with van der Waals surface area (Å²) in [6, 6.07) is 9.83. The number of aliphatic hydroxyl groups is 1. The molecule has 0 bridgehead atoms. The number of amides is 1. The van der Waals surface area contributed by atoms with Gasteiger partial charge in [-0.15, -0.1) is 0 Å². The Kier molecular flexibility index (Phi) is 11.8. The highest BCUT2D eigenvalue weighted by molar-refractivity contribution is 6.46. The number of methoxy groups -OCH3 is 1. The second-order valence-electron chi connectivity index (χ2n) is 10.1. The van der Waals surface area contributed by atoms with Crippen LogP contribution in [0.1, 0.15) is 62.8 Å². The Morgan fingerprint density at radius 1 is 1.02 bits per heavy atom. The van der Waals surface area contributed by atoms with E-state index in [1.54, 1.807) is 48.4 Å². The summed E-state index contributed by atoms with van der Waals surface area (Å²) >= 11 is 0. The van der Waals surface area contributed by atoms with Gasteiger partial charge in [-0.25, -0.2) is 0 Å². The Morgan fingerprint density at radius 2 is 1.76 bits per heavy atom. The van der Waals surface area contributed by atoms with Crippen molar-refractivity contribution in [3.05, 3.63) is 71.3 Å². The van der Waals surface area contributed by atoms with Crippen molar-refractivity contribution in [1.82, 2.24) is 9.80 Å². The maximum Gasteiger partial charge on any atom is 0.295 e. The van der Waals surface area contributed by atoms with Crippen LogP contribution in [0.2, 0.25) is 0 Å². The van der Waals surface area contributed by atoms with Crippen LogP contribution >= 0.6 is 0 Å². The van der Waals surface area contributed by atoms with Crippen molar-refractivity contribution in [1.29, 1.82) is 0 Å². The smallest absolute Gasteiger partial charge is 0.295 e. The number of benzene rings is 2. The van der Waals surface area contributed by atoms with Gasteiger partial charge in [0.1, 0.15) is 18.1 Å². The molecule has 0 saturated carbocycles. The molecule has 1 aliphatic rings. The number of Topliss-reactive ketones (excluding diaryl/α,β-unsaturated/α-hetero) is 1. The van der Waals surface area contributed by atoms with Crippen LogP contribution in [0.15, 0.2) is 54.6 Å². The molecule has 1 heterocycles. The Labute approximate surface area is 244 Å². The minimum absolute atomic E-state index is 0.0485. The van der Waals surface area contributed by atoms with E-state index >= 15 is 0 Å². The fourth-order valence-corrected chi connectivity index (χ4v) is 5.02. The van der Waals surface area contributed by atoms with Crippen molar-refractivity contribution in [2.75, 3.05) is 46.5 Å². The molecule has 0 spiro atoms. The third-order valence-corrected chi connectivity index (χ3v) is 7.41. The number of ketones is 1. The summed E-state index contributed by atoms with van der Waals surface area (Å²) < 4.78 is 17.3. The van der Waals surface area contributed by atoms with Gasteiger partial charge in [0, 0.05) is 18.7 Å². The molecule has 1 amide bonds. The second-order valence-corrected chi connectivity index (χ2v) is 10.1. The Hall–Kier alpha value is -3.78. The van der Waals surface area contributed by atoms with E-state index in [4.69, 9.17) is 14.2 Å². The molecule has 8 heteroatoms. The van der Waals surface area contributed by atoms with Crippen molar-refractivity contribution in [2.24, 2.45) is 0 Å². The van der Waals surface area contributed by atoms with Crippen LogP contribution in [-0.4, -0.2) is 73.1 Å². The van der Waals surface area contributed by atoms with Gasteiger partial charge in [0.25, 0.3) is 11.7 Å². The third-order valence-electron chi connectivity index (χ3n) is 7.41. The number of hydrogen-bond acceptors (Lipinski definition) is 7. The summed E-state index contributed by atoms with van der Waals surface area (Å²) in [7, 11) is 1.56. The van der Waals surface area contributed by atoms with Gasteiger partial charge in [0.15, 0.2) is 11.5 Å². The first-order valence-corrected chi connectivity index (χ1v) is 14.5. The standard InChI is InChI=1S/C33H44N2O6/c1-7-11-12-20-41-27-16-13-24(22-28(27)39-6)30-29(32(37)33(38)35(30)18-17-34(9-3)10-4)31(36)25-14-15-26(23(5)21-25)40-19-8-2/h8,13-16,21-22,30,36H,2,7,9-12,17-20H2,1,3-6H3/b31-29+. The van der Waals surface area contributed by atoms with Crippen molar-refractivity contribution >= 4 is 17.4 Å². The van der Waals surface area contributed by atoms with E-state index in [1.165, 1.54) is 0 Å². The number of carbonyl (C=O) groups excluding carboxylic acids is 2. The number of aliphatic hydroxyl groups excluding tert-OH is 1. The van der Waals surface area contributed by atoms with E-state index in [-0.39, 0.29) is 11.3 Å². The molecule has 222 valence electrons. The zero-order chi connectivity index (χ0) is 29.9. The zero-order valence-corrected chi connectivity index (χ0v) is 25.1. The lowest BCUT2D eigenvalue weighted by molar-refractivity contribution is -0.140. The minimum atomic E-state index is -0.786. The van der Waals surface area contributed by atoms with E-state index in [1.807, 2.05) is 13.0 Å². The van der Waals surface area contributed by atoms with E-state index in [2.05, 4.69) is 32.3 Å². The molecule has 3 rings (SSSR count). The van der Waals surface area contributed by atoms with Gasteiger partial charge < -0.3 is 29.1 Å². The molecule has 2 aromatic rings. The quantitative estimate of drug-likeness (QED) is 0.0893. The molecule has 0 radical (unpaired) electrons. The number of likely N-dealkylation sites (N-methyl/N-ethyl adjacent to an activating group) is 1. The number of nitrogens with zero attached hydrogens (tertiary/aromatic N) is 2. The summed E-state index contributed by atoms with van der Waals surface area (Å²) in [5, 5.41) is 11.5. The largest absolute Gasteiger partial charge is 0.507 e. The SMILES string of the molecule is C=CCOc1ccc(/C(O)=C2\C(=O)C(=O)N(CCN(CC)CC)C2c2ccc(OCCCCC)c(OC)c2)cc1C. The molecule has 1 atom stereocenters. The van der Waals surface area contributed by atoms with Gasteiger partial charge >= 0.3 is 0 Å². The number of aryl methyl sites for hydroxylation is 1. The lowest BCUT2D eigenvalue weighted by atomic mass is 9.94. The van der Waals surface area contributed by atoms with Gasteiger partial charge in [-0.05, 0) is 67.9 Å². The van der Waals surface area contributed by atoms with Crippen LogP contribution < -0.4 is 14.2 Å². The molecule has 1 N–H and O–H groups in total. The molecule has 1 unspecified atom stereocenters. The third kappa shape index (κ3) is 7.50. The number of likely N-dealkylation sites (tertiary alicyclic amines) is 1. The predicted molar refractivity (Wildman–Crippen MR) is 162 cm³/mol. The first-order chi connectivity index (χ1) is 19.8. The Balaban J connectivity index is 2.08. The number of unbranched alkanes of at least 4 members (excludes halogenated alkanes) is 2. The van der Waals surface area contributed by atoms with Crippen LogP contribution in [0.5, 0.6) is 17.2 Å². The maximum atomic E-state index is 13.5. The zero-order valence-electron chi connectivity index (χ0n) is 25.1. The van der Waals surface area contributed by atoms with Gasteiger partial charge in [0.2, 0.25) is 0 Å². The molecule has 0 aromatic heterocycles. The molecule has 2 aromatic carbocycles. The van der Waals surface area contributed by atoms with Crippen molar-refractivity contribution in [3.63, 3.8) is 0 Å². The molecule has 0 aliphatic carbocycles. The number of hydrogen-bond donors (Lipinski definition) is 1. The summed E-state index contributed by atoms with van der Waals surface area (Å²) in [5.74, 6) is 0.180. The fourth-order valence-electron chi connectivity index (χ4n) is 5.02. The minimum Gasteiger partial charge on any atom is -0.507 e. The molecular formula is C33H44N2O6. The molecule has 8 nitrogen and oxygen atoms in total. The molecule has 1 saturated heterocycles. The van der Waals surface area contributed by atoms with E-state index in [0.717, 1.165) is 37.9 Å². The van der Waals surface area contributed by atoms with Crippen LogP contribution in [-0.2, 0) is 9.59 Å². The summed E-state index contributed by atoms with van der Waals surface area (Å²) in [5.41, 5.74) is 1.93. The molecule has 1 aliphatic heterocycles. The fraction of sp³-hybridized carbons (Fsp3) is 0.455. The van der Waals surface area contributed by atoms with Gasteiger partial charge in [0.05, 0.1) is 25.3 Å². The highest BCUT2D eigenvalue weighted by Gasteiger charge is 2.46. The predicted octanol–water partition coefficient (Wildman–Crippen LogP) is 5.90. The van der Waals surface area contributed by atoms with E-state index in [0.29, 0.717) is 54.7 Å². The summed E-state index contributed by atoms with van der Waals surface area (Å²) in [6.45, 7) is 15.3. The Bertz CT molecular complexity index is 1250. The van der Waals surface area contributed by atoms with Crippen LogP contribution in [0.25, 0.3) is 5.76 Å². The van der Waals surface area contributed by atoms with Gasteiger partial charge in [-0.3, -0.25) is 9.59 Å². The monoisotopic (exact) mass is 564 g/mol. The lowest BCUT2D eigenvalue weighted by Gasteiger charge is -2.28. The summed E-state index contributed by atoms with van der Waals surface area (Å²) in [6.07, 6.45) is 4.75. The van der Waals surface area contributed by atoms with Crippen molar-refractivity contribution in [3.8, 4) is 17.2 Å². The van der Waals surface area contributed by atoms with E-state index < -0.39 is 17.7 Å². The lowest BCUT2D eigenvalue weighted by Crippen LogP contribution is -2.38. The maximum absolute atomic E-state index is 13.5. The Morgan fingerprint density at radius 3 is 2.39 bits per heavy atom. The van der Waals surface area contributed by atoms with Gasteiger partial charge in [-0.2, -0.15) is 0 Å². The topological polar surface area (TPSA) is 88.5 Å². The van der Waals surface area contributed by atoms with Crippen LogP contribution in [0, 0.1) is 6.92 Å². The van der Waals surface area contributed by atoms with Crippen LogP contribution in [0.3, 0.4) is 0 Å². The number of ether oxygens (including phenoxy) is 3. The number of carbonyl (C=O) groups is 2. The average Bonchev–Trinajstić information content (AvgIpc) is 3.23. The van der Waals surface area contributed by atoms with Crippen molar-refractivity contribution in [2.45, 2.75) is 53.0 Å². The summed E-state index contributed by atoms with van der Waals surface area (Å²) in [4.78, 5) is 30.7. The molecule has 41 heavy (non-hydrogen) atoms. The van der Waals surface area contributed by atoms with Crippen molar-refractivity contribution < 1.29 is 28.9 Å². The van der Waals surface area contributed by atoms with Crippen LogP contribution in [0.4, 0.5) is 0 Å². The molecule has 1 fully saturated rings. The highest BCUT2D eigenvalue weighted by atomic mass is 16.5. The number of rotatable bonds is 16.